The van der Waals surface area contributed by atoms with E-state index in [-0.39, 0.29) is 5.56 Å². The molecule has 1 heterocycles. The summed E-state index contributed by atoms with van der Waals surface area (Å²) in [7, 11) is 0. The van der Waals surface area contributed by atoms with Crippen molar-refractivity contribution in [3.05, 3.63) is 45.5 Å². The Bertz CT molecular complexity index is 867. The first-order valence-corrected chi connectivity index (χ1v) is 10.4. The third-order valence-electron chi connectivity index (χ3n) is 4.88. The van der Waals surface area contributed by atoms with Gasteiger partial charge in [-0.05, 0) is 37.7 Å². The number of hydrogen-bond donors (Lipinski definition) is 1. The number of nitro benzene ring substituents is 1. The van der Waals surface area contributed by atoms with Gasteiger partial charge in [0.2, 0.25) is 5.82 Å². The van der Waals surface area contributed by atoms with Crippen LogP contribution in [-0.4, -0.2) is 38.4 Å². The molecular weight excluding hydrogens is 385 g/mol. The zero-order valence-corrected chi connectivity index (χ0v) is 16.4. The summed E-state index contributed by atoms with van der Waals surface area (Å²) in [5.41, 5.74) is -0.645. The van der Waals surface area contributed by atoms with Crippen molar-refractivity contribution in [2.24, 2.45) is 0 Å². The van der Waals surface area contributed by atoms with Crippen LogP contribution in [0.3, 0.4) is 0 Å². The molecule has 1 aromatic carbocycles. The van der Waals surface area contributed by atoms with E-state index >= 15 is 0 Å². The molecule has 1 amide bonds. The molecule has 0 radical (unpaired) electrons. The van der Waals surface area contributed by atoms with E-state index in [2.05, 4.69) is 20.1 Å². The number of thioether (sulfide) groups is 1. The molecule has 0 atom stereocenters. The number of amides is 1. The number of halogens is 1. The highest BCUT2D eigenvalue weighted by Gasteiger charge is 2.23. The lowest BCUT2D eigenvalue weighted by Crippen LogP contribution is -2.25. The molecule has 0 aliphatic heterocycles. The van der Waals surface area contributed by atoms with Crippen LogP contribution in [0.15, 0.2) is 23.4 Å². The van der Waals surface area contributed by atoms with Gasteiger partial charge < -0.3 is 9.88 Å². The first-order chi connectivity index (χ1) is 13.5. The van der Waals surface area contributed by atoms with Crippen molar-refractivity contribution >= 4 is 23.4 Å². The van der Waals surface area contributed by atoms with Crippen LogP contribution in [0.1, 0.15) is 54.3 Å². The van der Waals surface area contributed by atoms with Crippen LogP contribution in [-0.2, 0) is 6.42 Å². The van der Waals surface area contributed by atoms with Gasteiger partial charge in [-0.25, -0.2) is 0 Å². The van der Waals surface area contributed by atoms with Gasteiger partial charge in [0.25, 0.3) is 5.91 Å². The Balaban J connectivity index is 1.56. The van der Waals surface area contributed by atoms with Crippen LogP contribution in [0.25, 0.3) is 0 Å². The van der Waals surface area contributed by atoms with Gasteiger partial charge in [0, 0.05) is 30.6 Å². The van der Waals surface area contributed by atoms with Crippen LogP contribution in [0, 0.1) is 15.9 Å². The Hall–Kier alpha value is -2.49. The normalized spacial score (nSPS) is 14.4. The van der Waals surface area contributed by atoms with Crippen molar-refractivity contribution in [3.8, 4) is 0 Å². The van der Waals surface area contributed by atoms with Gasteiger partial charge in [0.05, 0.1) is 4.92 Å². The molecule has 10 heteroatoms. The second kappa shape index (κ2) is 9.13. The van der Waals surface area contributed by atoms with Gasteiger partial charge in [0.15, 0.2) is 5.16 Å². The van der Waals surface area contributed by atoms with Crippen molar-refractivity contribution in [3.63, 3.8) is 0 Å². The van der Waals surface area contributed by atoms with E-state index in [1.54, 1.807) is 11.8 Å². The Kier molecular flexibility index (Phi) is 6.61. The number of carbonyl (C=O) groups is 1. The summed E-state index contributed by atoms with van der Waals surface area (Å²) in [6.07, 6.45) is 8.03. The highest BCUT2D eigenvalue weighted by atomic mass is 32.2. The average Bonchev–Trinajstić information content (AvgIpc) is 3.34. The van der Waals surface area contributed by atoms with Crippen molar-refractivity contribution in [2.45, 2.75) is 49.7 Å². The van der Waals surface area contributed by atoms with Gasteiger partial charge in [-0.15, -0.1) is 10.2 Å². The zero-order chi connectivity index (χ0) is 20.1. The second-order valence-corrected chi connectivity index (χ2v) is 7.47. The highest BCUT2D eigenvalue weighted by Crippen LogP contribution is 2.33. The van der Waals surface area contributed by atoms with Crippen molar-refractivity contribution in [2.75, 3.05) is 12.8 Å². The molecular formula is C18H22FN5O3S. The molecule has 28 heavy (non-hydrogen) atoms. The third-order valence-corrected chi connectivity index (χ3v) is 5.52. The summed E-state index contributed by atoms with van der Waals surface area (Å²) >= 11 is 1.58. The number of aryl methyl sites for hydroxylation is 1. The number of nitrogens with one attached hydrogen (secondary N) is 1. The number of benzene rings is 1. The maximum atomic E-state index is 13.4. The van der Waals surface area contributed by atoms with E-state index in [0.717, 1.165) is 36.0 Å². The van der Waals surface area contributed by atoms with Gasteiger partial charge >= 0.3 is 5.69 Å². The fourth-order valence-electron chi connectivity index (χ4n) is 3.49. The number of rotatable bonds is 8. The smallest absolute Gasteiger partial charge is 0.305 e. The lowest BCUT2D eigenvalue weighted by Gasteiger charge is -2.16. The molecule has 2 aromatic rings. The van der Waals surface area contributed by atoms with Gasteiger partial charge in [0.1, 0.15) is 5.82 Å². The lowest BCUT2D eigenvalue weighted by atomic mass is 10.1. The summed E-state index contributed by atoms with van der Waals surface area (Å²) in [5.74, 6) is -0.509. The van der Waals surface area contributed by atoms with E-state index in [9.17, 15) is 19.3 Å². The Morgan fingerprint density at radius 1 is 1.39 bits per heavy atom. The number of aromatic nitrogens is 3. The first-order valence-electron chi connectivity index (χ1n) is 9.21. The lowest BCUT2D eigenvalue weighted by molar-refractivity contribution is -0.387. The molecule has 0 spiro atoms. The summed E-state index contributed by atoms with van der Waals surface area (Å²) in [5, 5.41) is 23.0. The first kappa shape index (κ1) is 20.2. The molecule has 1 aromatic heterocycles. The maximum Gasteiger partial charge on any atom is 0.305 e. The second-order valence-electron chi connectivity index (χ2n) is 6.69. The van der Waals surface area contributed by atoms with E-state index in [1.165, 1.54) is 18.9 Å². The number of nitro groups is 1. The van der Waals surface area contributed by atoms with E-state index in [0.29, 0.717) is 25.4 Å². The van der Waals surface area contributed by atoms with Gasteiger partial charge in [-0.1, -0.05) is 24.6 Å². The number of carbonyl (C=O) groups excluding carboxylic acids is 1. The monoisotopic (exact) mass is 407 g/mol. The Morgan fingerprint density at radius 2 is 2.14 bits per heavy atom. The van der Waals surface area contributed by atoms with E-state index in [1.807, 2.05) is 6.26 Å². The SMILES string of the molecule is CSc1nnc(CCCNC(=O)c2ccc(F)c([N+](=O)[O-])c2)n1C1CCCC1. The molecule has 3 rings (SSSR count). The molecule has 0 unspecified atom stereocenters. The van der Waals surface area contributed by atoms with Crippen LogP contribution in [0.5, 0.6) is 0 Å². The highest BCUT2D eigenvalue weighted by molar-refractivity contribution is 7.98. The van der Waals surface area contributed by atoms with Crippen LogP contribution in [0.4, 0.5) is 10.1 Å². The van der Waals surface area contributed by atoms with Crippen molar-refractivity contribution in [1.29, 1.82) is 0 Å². The van der Waals surface area contributed by atoms with E-state index < -0.39 is 22.3 Å². The number of nitrogens with zero attached hydrogens (tertiary/aromatic N) is 4. The summed E-state index contributed by atoms with van der Waals surface area (Å²) in [6, 6.07) is 3.56. The number of hydrogen-bond acceptors (Lipinski definition) is 6. The standard InChI is InChI=1S/C18H22FN5O3S/c1-28-18-22-21-16(23(18)13-5-2-3-6-13)7-4-10-20-17(25)12-8-9-14(19)15(11-12)24(26)27/h8-9,11,13H,2-7,10H2,1H3,(H,20,25). The van der Waals surface area contributed by atoms with Crippen LogP contribution >= 0.6 is 11.8 Å². The molecule has 8 nitrogen and oxygen atoms in total. The molecule has 0 saturated heterocycles. The van der Waals surface area contributed by atoms with Gasteiger partial charge in [-0.3, -0.25) is 14.9 Å². The largest absolute Gasteiger partial charge is 0.352 e. The zero-order valence-electron chi connectivity index (χ0n) is 15.6. The molecule has 0 bridgehead atoms. The van der Waals surface area contributed by atoms with Crippen LogP contribution in [0.2, 0.25) is 0 Å². The molecule has 1 fully saturated rings. The third kappa shape index (κ3) is 4.49. The molecule has 1 aliphatic rings. The predicted molar refractivity (Wildman–Crippen MR) is 103 cm³/mol. The fraction of sp³-hybridized carbons (Fsp3) is 0.500. The summed E-state index contributed by atoms with van der Waals surface area (Å²) < 4.78 is 15.6. The predicted octanol–water partition coefficient (Wildman–Crippen LogP) is 3.53. The van der Waals surface area contributed by atoms with Crippen molar-refractivity contribution in [1.82, 2.24) is 20.1 Å². The minimum absolute atomic E-state index is 0.0619. The summed E-state index contributed by atoms with van der Waals surface area (Å²) in [4.78, 5) is 22.1. The van der Waals surface area contributed by atoms with Crippen LogP contribution < -0.4 is 5.32 Å². The average molecular weight is 407 g/mol. The van der Waals surface area contributed by atoms with Gasteiger partial charge in [-0.2, -0.15) is 4.39 Å². The fourth-order valence-corrected chi connectivity index (χ4v) is 4.06. The topological polar surface area (TPSA) is 103 Å². The molecule has 1 N–H and O–H groups in total. The Labute approximate surface area is 166 Å². The molecule has 150 valence electrons. The van der Waals surface area contributed by atoms with Crippen molar-refractivity contribution < 1.29 is 14.1 Å². The van der Waals surface area contributed by atoms with E-state index in [4.69, 9.17) is 0 Å². The Morgan fingerprint density at radius 3 is 2.82 bits per heavy atom. The summed E-state index contributed by atoms with van der Waals surface area (Å²) in [6.45, 7) is 0.385. The quantitative estimate of drug-likeness (QED) is 0.311. The molecule has 1 saturated carbocycles. The maximum absolute atomic E-state index is 13.4. The molecule has 1 aliphatic carbocycles. The minimum Gasteiger partial charge on any atom is -0.352 e. The minimum atomic E-state index is -0.961.